The SMILES string of the molecule is CN(CCO)C(=O)c1cc(Cl)cc(Cl)c1. The highest BCUT2D eigenvalue weighted by molar-refractivity contribution is 6.35. The van der Waals surface area contributed by atoms with Gasteiger partial charge in [0.1, 0.15) is 0 Å². The Morgan fingerprint density at radius 2 is 1.87 bits per heavy atom. The maximum absolute atomic E-state index is 11.7. The van der Waals surface area contributed by atoms with E-state index in [0.29, 0.717) is 15.6 Å². The molecule has 0 saturated heterocycles. The maximum Gasteiger partial charge on any atom is 0.253 e. The second-order valence-corrected chi connectivity index (χ2v) is 3.98. The molecule has 1 aromatic rings. The van der Waals surface area contributed by atoms with Crippen LogP contribution in [0.15, 0.2) is 18.2 Å². The molecular weight excluding hydrogens is 237 g/mol. The predicted molar refractivity (Wildman–Crippen MR) is 60.5 cm³/mol. The standard InChI is InChI=1S/C10H11Cl2NO2/c1-13(2-3-14)10(15)7-4-8(11)6-9(12)5-7/h4-6,14H,2-3H2,1H3. The van der Waals surface area contributed by atoms with Crippen molar-refractivity contribution in [3.8, 4) is 0 Å². The van der Waals surface area contributed by atoms with Crippen LogP contribution in [0.3, 0.4) is 0 Å². The van der Waals surface area contributed by atoms with E-state index in [1.54, 1.807) is 25.2 Å². The van der Waals surface area contributed by atoms with Gasteiger partial charge in [0.15, 0.2) is 0 Å². The molecule has 0 heterocycles. The van der Waals surface area contributed by atoms with Gasteiger partial charge in [-0.3, -0.25) is 4.79 Å². The minimum Gasteiger partial charge on any atom is -0.395 e. The Morgan fingerprint density at radius 3 is 2.33 bits per heavy atom. The Balaban J connectivity index is 2.90. The normalized spacial score (nSPS) is 10.1. The van der Waals surface area contributed by atoms with E-state index in [9.17, 15) is 4.79 Å². The van der Waals surface area contributed by atoms with Gasteiger partial charge in [-0.25, -0.2) is 0 Å². The van der Waals surface area contributed by atoms with Crippen LogP contribution in [0.4, 0.5) is 0 Å². The van der Waals surface area contributed by atoms with Crippen molar-refractivity contribution in [2.45, 2.75) is 0 Å². The third kappa shape index (κ3) is 3.38. The zero-order valence-electron chi connectivity index (χ0n) is 8.20. The largest absolute Gasteiger partial charge is 0.395 e. The van der Waals surface area contributed by atoms with Crippen LogP contribution in [0, 0.1) is 0 Å². The number of halogens is 2. The molecule has 82 valence electrons. The van der Waals surface area contributed by atoms with Crippen molar-refractivity contribution < 1.29 is 9.90 Å². The van der Waals surface area contributed by atoms with E-state index in [4.69, 9.17) is 28.3 Å². The van der Waals surface area contributed by atoms with Crippen LogP contribution in [0.25, 0.3) is 0 Å². The minimum atomic E-state index is -0.214. The number of hydrogen-bond acceptors (Lipinski definition) is 2. The van der Waals surface area contributed by atoms with E-state index in [-0.39, 0.29) is 19.1 Å². The van der Waals surface area contributed by atoms with E-state index in [2.05, 4.69) is 0 Å². The summed E-state index contributed by atoms with van der Waals surface area (Å²) in [5.74, 6) is -0.214. The second-order valence-electron chi connectivity index (χ2n) is 3.11. The van der Waals surface area contributed by atoms with Crippen LogP contribution >= 0.6 is 23.2 Å². The van der Waals surface area contributed by atoms with Gasteiger partial charge in [0.25, 0.3) is 5.91 Å². The van der Waals surface area contributed by atoms with Gasteiger partial charge < -0.3 is 10.0 Å². The van der Waals surface area contributed by atoms with Gasteiger partial charge in [0, 0.05) is 29.2 Å². The van der Waals surface area contributed by atoms with Gasteiger partial charge in [-0.05, 0) is 18.2 Å². The molecule has 0 fully saturated rings. The Morgan fingerprint density at radius 1 is 1.33 bits per heavy atom. The Labute approximate surface area is 98.2 Å². The average Bonchev–Trinajstić information content (AvgIpc) is 2.15. The topological polar surface area (TPSA) is 40.5 Å². The first kappa shape index (κ1) is 12.3. The van der Waals surface area contributed by atoms with E-state index >= 15 is 0 Å². The molecule has 0 saturated carbocycles. The smallest absolute Gasteiger partial charge is 0.253 e. The summed E-state index contributed by atoms with van der Waals surface area (Å²) in [5.41, 5.74) is 0.420. The Hall–Kier alpha value is -0.770. The van der Waals surface area contributed by atoms with Gasteiger partial charge in [-0.15, -0.1) is 0 Å². The molecule has 1 aromatic carbocycles. The van der Waals surface area contributed by atoms with Crippen LogP contribution in [0.5, 0.6) is 0 Å². The van der Waals surface area contributed by atoms with Gasteiger partial charge in [-0.2, -0.15) is 0 Å². The van der Waals surface area contributed by atoms with Crippen LogP contribution in [0.2, 0.25) is 10.0 Å². The lowest BCUT2D eigenvalue weighted by atomic mass is 10.2. The lowest BCUT2D eigenvalue weighted by molar-refractivity contribution is 0.0767. The molecule has 0 atom stereocenters. The summed E-state index contributed by atoms with van der Waals surface area (Å²) in [6.45, 7) is 0.208. The van der Waals surface area contributed by atoms with Crippen molar-refractivity contribution in [1.82, 2.24) is 4.90 Å². The van der Waals surface area contributed by atoms with Gasteiger partial charge in [-0.1, -0.05) is 23.2 Å². The number of aliphatic hydroxyl groups is 1. The molecule has 0 spiro atoms. The van der Waals surface area contributed by atoms with Crippen molar-refractivity contribution in [1.29, 1.82) is 0 Å². The van der Waals surface area contributed by atoms with Gasteiger partial charge >= 0.3 is 0 Å². The molecule has 1 amide bonds. The quantitative estimate of drug-likeness (QED) is 0.889. The Kier molecular flexibility index (Phi) is 4.39. The third-order valence-corrected chi connectivity index (χ3v) is 2.33. The molecule has 5 heteroatoms. The lowest BCUT2D eigenvalue weighted by Gasteiger charge is -2.15. The monoisotopic (exact) mass is 247 g/mol. The molecule has 1 N–H and O–H groups in total. The van der Waals surface area contributed by atoms with Crippen molar-refractivity contribution in [2.75, 3.05) is 20.2 Å². The molecular formula is C10H11Cl2NO2. The molecule has 0 aliphatic heterocycles. The molecule has 15 heavy (non-hydrogen) atoms. The van der Waals surface area contributed by atoms with Crippen LogP contribution in [-0.4, -0.2) is 36.1 Å². The number of rotatable bonds is 3. The van der Waals surface area contributed by atoms with Crippen LogP contribution in [0.1, 0.15) is 10.4 Å². The highest BCUT2D eigenvalue weighted by Gasteiger charge is 2.12. The molecule has 1 rings (SSSR count). The van der Waals surface area contributed by atoms with Gasteiger partial charge in [0.2, 0.25) is 0 Å². The molecule has 0 aliphatic carbocycles. The van der Waals surface area contributed by atoms with Crippen molar-refractivity contribution >= 4 is 29.1 Å². The van der Waals surface area contributed by atoms with Crippen molar-refractivity contribution in [3.05, 3.63) is 33.8 Å². The summed E-state index contributed by atoms with van der Waals surface area (Å²) in [5, 5.41) is 9.53. The van der Waals surface area contributed by atoms with Crippen molar-refractivity contribution in [2.24, 2.45) is 0 Å². The van der Waals surface area contributed by atoms with Crippen molar-refractivity contribution in [3.63, 3.8) is 0 Å². The van der Waals surface area contributed by atoms with Gasteiger partial charge in [0.05, 0.1) is 6.61 Å². The minimum absolute atomic E-state index is 0.0729. The van der Waals surface area contributed by atoms with E-state index < -0.39 is 0 Å². The first-order valence-electron chi connectivity index (χ1n) is 4.37. The van der Waals surface area contributed by atoms with E-state index in [0.717, 1.165) is 0 Å². The average molecular weight is 248 g/mol. The third-order valence-electron chi connectivity index (χ3n) is 1.89. The lowest BCUT2D eigenvalue weighted by Crippen LogP contribution is -2.29. The number of hydrogen-bond donors (Lipinski definition) is 1. The number of likely N-dealkylation sites (N-methyl/N-ethyl adjacent to an activating group) is 1. The Bertz CT molecular complexity index is 348. The highest BCUT2D eigenvalue weighted by atomic mass is 35.5. The molecule has 0 radical (unpaired) electrons. The summed E-state index contributed by atoms with van der Waals surface area (Å²) in [6.07, 6.45) is 0. The van der Waals surface area contributed by atoms with Crippen LogP contribution < -0.4 is 0 Å². The molecule has 0 bridgehead atoms. The number of carbonyl (C=O) groups excluding carboxylic acids is 1. The first-order chi connectivity index (χ1) is 7.04. The number of carbonyl (C=O) groups is 1. The number of aliphatic hydroxyl groups excluding tert-OH is 1. The molecule has 0 unspecified atom stereocenters. The molecule has 0 aromatic heterocycles. The zero-order chi connectivity index (χ0) is 11.4. The fraction of sp³-hybridized carbons (Fsp3) is 0.300. The maximum atomic E-state index is 11.7. The van der Waals surface area contributed by atoms with E-state index in [1.165, 1.54) is 4.90 Å². The predicted octanol–water partition coefficient (Wildman–Crippen LogP) is 2.06. The summed E-state index contributed by atoms with van der Waals surface area (Å²) in [6, 6.07) is 4.65. The summed E-state index contributed by atoms with van der Waals surface area (Å²) in [7, 11) is 1.60. The molecule has 0 aliphatic rings. The first-order valence-corrected chi connectivity index (χ1v) is 5.12. The fourth-order valence-electron chi connectivity index (χ4n) is 1.15. The van der Waals surface area contributed by atoms with Crippen LogP contribution in [-0.2, 0) is 0 Å². The summed E-state index contributed by atoms with van der Waals surface area (Å²) < 4.78 is 0. The van der Waals surface area contributed by atoms with E-state index in [1.807, 2.05) is 0 Å². The second kappa shape index (κ2) is 5.35. The highest BCUT2D eigenvalue weighted by Crippen LogP contribution is 2.19. The number of benzene rings is 1. The number of nitrogens with zero attached hydrogens (tertiary/aromatic N) is 1. The molecule has 3 nitrogen and oxygen atoms in total. The fourth-order valence-corrected chi connectivity index (χ4v) is 1.68. The number of amides is 1. The zero-order valence-corrected chi connectivity index (χ0v) is 9.72. The summed E-state index contributed by atoms with van der Waals surface area (Å²) >= 11 is 11.5. The summed E-state index contributed by atoms with van der Waals surface area (Å²) in [4.78, 5) is 13.1.